The van der Waals surface area contributed by atoms with Crippen LogP contribution in [0.1, 0.15) is 71.6 Å². The number of hydrogen-bond acceptors (Lipinski definition) is 2. The first-order chi connectivity index (χ1) is 9.55. The molecule has 0 amide bonds. The van der Waals surface area contributed by atoms with Crippen molar-refractivity contribution in [3.8, 4) is 0 Å². The first-order valence-corrected chi connectivity index (χ1v) is 9.00. The molecule has 20 heavy (non-hydrogen) atoms. The van der Waals surface area contributed by atoms with Gasteiger partial charge >= 0.3 is 0 Å². The molecule has 2 atom stereocenters. The van der Waals surface area contributed by atoms with E-state index in [2.05, 4.69) is 18.7 Å². The summed E-state index contributed by atoms with van der Waals surface area (Å²) in [6.07, 6.45) is 12.7. The molecule has 116 valence electrons. The van der Waals surface area contributed by atoms with Crippen LogP contribution in [-0.4, -0.2) is 30.1 Å². The van der Waals surface area contributed by atoms with Crippen LogP contribution in [0.2, 0.25) is 0 Å². The predicted molar refractivity (Wildman–Crippen MR) is 85.7 cm³/mol. The van der Waals surface area contributed by atoms with Crippen LogP contribution in [0.5, 0.6) is 0 Å². The first kappa shape index (κ1) is 14.8. The Morgan fingerprint density at radius 3 is 2.45 bits per heavy atom. The monoisotopic (exact) mass is 278 g/mol. The van der Waals surface area contributed by atoms with Gasteiger partial charge in [0.25, 0.3) is 0 Å². The molecule has 0 spiro atoms. The van der Waals surface area contributed by atoms with Crippen LogP contribution in [-0.2, 0) is 0 Å². The van der Waals surface area contributed by atoms with Crippen LogP contribution in [0.25, 0.3) is 0 Å². The lowest BCUT2D eigenvalue weighted by Gasteiger charge is -2.48. The lowest BCUT2D eigenvalue weighted by Crippen LogP contribution is -2.57. The molecule has 2 saturated carbocycles. The third-order valence-corrected chi connectivity index (χ3v) is 6.54. The second kappa shape index (κ2) is 5.61. The van der Waals surface area contributed by atoms with E-state index < -0.39 is 0 Å². The molecule has 0 radical (unpaired) electrons. The van der Waals surface area contributed by atoms with Crippen molar-refractivity contribution < 1.29 is 0 Å². The first-order valence-electron chi connectivity index (χ1n) is 9.00. The predicted octanol–water partition coefficient (Wildman–Crippen LogP) is 3.80. The normalized spacial score (nSPS) is 39.5. The fourth-order valence-electron chi connectivity index (χ4n) is 4.85. The zero-order valence-corrected chi connectivity index (χ0v) is 13.7. The van der Waals surface area contributed by atoms with Crippen LogP contribution in [0.4, 0.5) is 0 Å². The SMILES string of the molecule is CC1(C)CCCN(C2(CN)CCCC(C3CC3)C2)CC1. The van der Waals surface area contributed by atoms with Gasteiger partial charge in [0.15, 0.2) is 0 Å². The van der Waals surface area contributed by atoms with Crippen LogP contribution in [0.15, 0.2) is 0 Å². The number of likely N-dealkylation sites (tertiary alicyclic amines) is 1. The smallest absolute Gasteiger partial charge is 0.0334 e. The molecule has 3 aliphatic rings. The fourth-order valence-corrected chi connectivity index (χ4v) is 4.85. The lowest BCUT2D eigenvalue weighted by atomic mass is 9.72. The van der Waals surface area contributed by atoms with Crippen molar-refractivity contribution in [2.24, 2.45) is 23.0 Å². The van der Waals surface area contributed by atoms with Gasteiger partial charge in [-0.2, -0.15) is 0 Å². The second-order valence-electron chi connectivity index (χ2n) is 8.63. The van der Waals surface area contributed by atoms with Gasteiger partial charge in [-0.25, -0.2) is 0 Å². The Morgan fingerprint density at radius 2 is 1.75 bits per heavy atom. The molecule has 1 heterocycles. The van der Waals surface area contributed by atoms with Crippen molar-refractivity contribution in [1.29, 1.82) is 0 Å². The van der Waals surface area contributed by atoms with E-state index in [1.807, 2.05) is 0 Å². The van der Waals surface area contributed by atoms with Gasteiger partial charge in [0, 0.05) is 12.1 Å². The van der Waals surface area contributed by atoms with Crippen molar-refractivity contribution >= 4 is 0 Å². The standard InChI is InChI=1S/C18H34N2/c1-17(2)8-4-11-20(12-10-17)18(14-19)9-3-5-16(13-18)15-6-7-15/h15-16H,3-14,19H2,1-2H3. The highest BCUT2D eigenvalue weighted by atomic mass is 15.2. The summed E-state index contributed by atoms with van der Waals surface area (Å²) in [7, 11) is 0. The van der Waals surface area contributed by atoms with E-state index in [0.29, 0.717) is 11.0 Å². The van der Waals surface area contributed by atoms with E-state index in [0.717, 1.165) is 18.4 Å². The van der Waals surface area contributed by atoms with Crippen molar-refractivity contribution in [2.45, 2.75) is 77.2 Å². The topological polar surface area (TPSA) is 29.3 Å². The molecule has 2 N–H and O–H groups in total. The van der Waals surface area contributed by atoms with Gasteiger partial charge in [0.05, 0.1) is 0 Å². The van der Waals surface area contributed by atoms with Gasteiger partial charge < -0.3 is 5.73 Å². The summed E-state index contributed by atoms with van der Waals surface area (Å²) in [5.74, 6) is 2.05. The van der Waals surface area contributed by atoms with Gasteiger partial charge in [-0.15, -0.1) is 0 Å². The third kappa shape index (κ3) is 3.06. The molecule has 0 aromatic rings. The Kier molecular flexibility index (Phi) is 4.16. The molecule has 1 saturated heterocycles. The molecule has 2 heteroatoms. The highest BCUT2D eigenvalue weighted by Crippen LogP contribution is 2.48. The van der Waals surface area contributed by atoms with Crippen LogP contribution in [0.3, 0.4) is 0 Å². The zero-order valence-electron chi connectivity index (χ0n) is 13.7. The van der Waals surface area contributed by atoms with Gasteiger partial charge in [0.2, 0.25) is 0 Å². The van der Waals surface area contributed by atoms with Crippen molar-refractivity contribution in [2.75, 3.05) is 19.6 Å². The zero-order chi connectivity index (χ0) is 14.2. The molecule has 1 aliphatic heterocycles. The minimum Gasteiger partial charge on any atom is -0.329 e. The molecule has 3 fully saturated rings. The summed E-state index contributed by atoms with van der Waals surface area (Å²) < 4.78 is 0. The highest BCUT2D eigenvalue weighted by Gasteiger charge is 2.45. The maximum absolute atomic E-state index is 6.33. The van der Waals surface area contributed by atoms with Crippen molar-refractivity contribution in [3.05, 3.63) is 0 Å². The van der Waals surface area contributed by atoms with Crippen LogP contribution >= 0.6 is 0 Å². The minimum absolute atomic E-state index is 0.353. The van der Waals surface area contributed by atoms with Crippen LogP contribution < -0.4 is 5.73 Å². The minimum atomic E-state index is 0.353. The molecule has 0 aromatic carbocycles. The largest absolute Gasteiger partial charge is 0.329 e. The van der Waals surface area contributed by atoms with Crippen LogP contribution in [0, 0.1) is 17.3 Å². The van der Waals surface area contributed by atoms with Gasteiger partial charge in [-0.3, -0.25) is 4.90 Å². The number of nitrogens with zero attached hydrogens (tertiary/aromatic N) is 1. The fraction of sp³-hybridized carbons (Fsp3) is 1.00. The highest BCUT2D eigenvalue weighted by molar-refractivity contribution is 5.00. The number of nitrogens with two attached hydrogens (primary N) is 1. The second-order valence-corrected chi connectivity index (χ2v) is 8.63. The van der Waals surface area contributed by atoms with E-state index in [1.54, 1.807) is 0 Å². The third-order valence-electron chi connectivity index (χ3n) is 6.54. The van der Waals surface area contributed by atoms with Crippen molar-refractivity contribution in [1.82, 2.24) is 4.90 Å². The van der Waals surface area contributed by atoms with Gasteiger partial charge in [-0.05, 0) is 75.3 Å². The Hall–Kier alpha value is -0.0800. The van der Waals surface area contributed by atoms with Crippen molar-refractivity contribution in [3.63, 3.8) is 0 Å². The molecule has 3 rings (SSSR count). The summed E-state index contributed by atoms with van der Waals surface area (Å²) >= 11 is 0. The maximum atomic E-state index is 6.33. The van der Waals surface area contributed by atoms with Gasteiger partial charge in [-0.1, -0.05) is 26.7 Å². The Morgan fingerprint density at radius 1 is 0.950 bits per heavy atom. The summed E-state index contributed by atoms with van der Waals surface area (Å²) in [4.78, 5) is 2.82. The average molecular weight is 278 g/mol. The Labute approximate surface area is 125 Å². The molecule has 2 unspecified atom stereocenters. The molecule has 2 nitrogen and oxygen atoms in total. The summed E-state index contributed by atoms with van der Waals surface area (Å²) in [5, 5.41) is 0. The summed E-state index contributed by atoms with van der Waals surface area (Å²) in [5.41, 5.74) is 7.22. The van der Waals surface area contributed by atoms with E-state index in [1.165, 1.54) is 70.9 Å². The number of hydrogen-bond donors (Lipinski definition) is 1. The van der Waals surface area contributed by atoms with E-state index in [9.17, 15) is 0 Å². The van der Waals surface area contributed by atoms with E-state index >= 15 is 0 Å². The quantitative estimate of drug-likeness (QED) is 0.851. The summed E-state index contributed by atoms with van der Waals surface area (Å²) in [6.45, 7) is 8.34. The van der Waals surface area contributed by atoms with Gasteiger partial charge in [0.1, 0.15) is 0 Å². The molecule has 0 bridgehead atoms. The Bertz CT molecular complexity index is 334. The lowest BCUT2D eigenvalue weighted by molar-refractivity contribution is 0.0314. The molecule has 0 aromatic heterocycles. The molecular weight excluding hydrogens is 244 g/mol. The summed E-state index contributed by atoms with van der Waals surface area (Å²) in [6, 6.07) is 0. The van der Waals surface area contributed by atoms with E-state index in [-0.39, 0.29) is 0 Å². The number of rotatable bonds is 3. The molecular formula is C18H34N2. The Balaban J connectivity index is 1.70. The maximum Gasteiger partial charge on any atom is 0.0334 e. The average Bonchev–Trinajstić information content (AvgIpc) is 3.26. The van der Waals surface area contributed by atoms with E-state index in [4.69, 9.17) is 5.73 Å². The molecule has 2 aliphatic carbocycles.